The van der Waals surface area contributed by atoms with Crippen molar-refractivity contribution >= 4 is 11.7 Å². The molecule has 0 aliphatic rings. The molecule has 2 amide bonds. The van der Waals surface area contributed by atoms with Crippen LogP contribution in [0.5, 0.6) is 0 Å². The van der Waals surface area contributed by atoms with Crippen LogP contribution in [0.2, 0.25) is 0 Å². The standard InChI is InChI=1S/C11H13FN2O/c1-2-3-7-13-11(15)14-10-6-4-5-9(12)8-10/h3-8H,2H2,1H3,(H2,13,14,15)/b7-3+. The van der Waals surface area contributed by atoms with E-state index in [1.807, 2.05) is 13.0 Å². The van der Waals surface area contributed by atoms with Gasteiger partial charge in [0.25, 0.3) is 0 Å². The third kappa shape index (κ3) is 4.26. The van der Waals surface area contributed by atoms with Crippen molar-refractivity contribution in [2.45, 2.75) is 13.3 Å². The van der Waals surface area contributed by atoms with Gasteiger partial charge in [0.1, 0.15) is 5.82 Å². The lowest BCUT2D eigenvalue weighted by Crippen LogP contribution is -2.23. The van der Waals surface area contributed by atoms with Crippen LogP contribution in [0.3, 0.4) is 0 Å². The molecule has 1 rings (SSSR count). The van der Waals surface area contributed by atoms with E-state index < -0.39 is 0 Å². The fraction of sp³-hybridized carbons (Fsp3) is 0.182. The largest absolute Gasteiger partial charge is 0.323 e. The number of allylic oxidation sites excluding steroid dienone is 1. The molecule has 0 atom stereocenters. The molecule has 0 heterocycles. The van der Waals surface area contributed by atoms with E-state index in [-0.39, 0.29) is 11.8 Å². The van der Waals surface area contributed by atoms with E-state index in [0.29, 0.717) is 5.69 Å². The number of amides is 2. The Morgan fingerprint density at radius 1 is 1.53 bits per heavy atom. The highest BCUT2D eigenvalue weighted by Gasteiger charge is 1.99. The molecule has 0 unspecified atom stereocenters. The average molecular weight is 208 g/mol. The van der Waals surface area contributed by atoms with Crippen LogP contribution in [-0.2, 0) is 0 Å². The Bertz CT molecular complexity index is 363. The van der Waals surface area contributed by atoms with Crippen molar-refractivity contribution in [3.8, 4) is 0 Å². The van der Waals surface area contributed by atoms with Crippen molar-refractivity contribution < 1.29 is 9.18 Å². The molecule has 0 aliphatic carbocycles. The predicted molar refractivity (Wildman–Crippen MR) is 58.0 cm³/mol. The molecule has 3 nitrogen and oxygen atoms in total. The number of carbonyl (C=O) groups excluding carboxylic acids is 1. The Balaban J connectivity index is 2.48. The summed E-state index contributed by atoms with van der Waals surface area (Å²) >= 11 is 0. The van der Waals surface area contributed by atoms with Gasteiger partial charge < -0.3 is 10.6 Å². The molecule has 0 aliphatic heterocycles. The third-order valence-corrected chi connectivity index (χ3v) is 1.65. The van der Waals surface area contributed by atoms with Crippen LogP contribution >= 0.6 is 0 Å². The summed E-state index contributed by atoms with van der Waals surface area (Å²) in [5.41, 5.74) is 0.428. The maximum atomic E-state index is 12.7. The van der Waals surface area contributed by atoms with E-state index >= 15 is 0 Å². The summed E-state index contributed by atoms with van der Waals surface area (Å²) in [6.07, 6.45) is 4.21. The van der Waals surface area contributed by atoms with Crippen LogP contribution in [0.25, 0.3) is 0 Å². The minimum absolute atomic E-state index is 0.378. The summed E-state index contributed by atoms with van der Waals surface area (Å²) < 4.78 is 12.7. The first-order chi connectivity index (χ1) is 7.22. The molecule has 15 heavy (non-hydrogen) atoms. The Kier molecular flexibility index (Phi) is 4.34. The van der Waals surface area contributed by atoms with Crippen molar-refractivity contribution in [3.05, 3.63) is 42.4 Å². The number of benzene rings is 1. The molecule has 0 fully saturated rings. The average Bonchev–Trinajstić information content (AvgIpc) is 2.18. The van der Waals surface area contributed by atoms with E-state index in [4.69, 9.17) is 0 Å². The number of urea groups is 1. The van der Waals surface area contributed by atoms with Gasteiger partial charge in [-0.2, -0.15) is 0 Å². The molecule has 0 saturated carbocycles. The minimum Gasteiger partial charge on any atom is -0.315 e. The van der Waals surface area contributed by atoms with Gasteiger partial charge in [-0.15, -0.1) is 0 Å². The van der Waals surface area contributed by atoms with Crippen LogP contribution in [-0.4, -0.2) is 6.03 Å². The molecular formula is C11H13FN2O. The Labute approximate surface area is 88.0 Å². The molecular weight excluding hydrogens is 195 g/mol. The van der Waals surface area contributed by atoms with Gasteiger partial charge in [-0.25, -0.2) is 9.18 Å². The molecule has 1 aromatic rings. The highest BCUT2D eigenvalue weighted by molar-refractivity contribution is 5.89. The second kappa shape index (κ2) is 5.80. The zero-order chi connectivity index (χ0) is 11.1. The minimum atomic E-state index is -0.384. The molecule has 4 heteroatoms. The summed E-state index contributed by atoms with van der Waals surface area (Å²) in [5, 5.41) is 5.00. The summed E-state index contributed by atoms with van der Waals surface area (Å²) in [7, 11) is 0. The Hall–Kier alpha value is -1.84. The van der Waals surface area contributed by atoms with Crippen LogP contribution < -0.4 is 10.6 Å². The van der Waals surface area contributed by atoms with Crippen molar-refractivity contribution in [1.82, 2.24) is 5.32 Å². The van der Waals surface area contributed by atoms with Gasteiger partial charge in [-0.1, -0.05) is 19.1 Å². The maximum absolute atomic E-state index is 12.7. The molecule has 1 aromatic carbocycles. The Morgan fingerprint density at radius 2 is 2.33 bits per heavy atom. The number of nitrogens with one attached hydrogen (secondary N) is 2. The normalized spacial score (nSPS) is 10.3. The number of anilines is 1. The molecule has 0 radical (unpaired) electrons. The second-order valence-corrected chi connectivity index (χ2v) is 2.92. The van der Waals surface area contributed by atoms with E-state index in [1.165, 1.54) is 18.2 Å². The first-order valence-electron chi connectivity index (χ1n) is 4.70. The Morgan fingerprint density at radius 3 is 3.00 bits per heavy atom. The van der Waals surface area contributed by atoms with Gasteiger partial charge in [-0.05, 0) is 24.6 Å². The first-order valence-corrected chi connectivity index (χ1v) is 4.70. The number of hydrogen-bond acceptors (Lipinski definition) is 1. The number of rotatable bonds is 3. The summed E-state index contributed by atoms with van der Waals surface area (Å²) in [6.45, 7) is 1.96. The molecule has 0 aromatic heterocycles. The predicted octanol–water partition coefficient (Wildman–Crippen LogP) is 2.87. The smallest absolute Gasteiger partial charge is 0.315 e. The topological polar surface area (TPSA) is 41.1 Å². The van der Waals surface area contributed by atoms with Gasteiger partial charge in [0.05, 0.1) is 0 Å². The lowest BCUT2D eigenvalue weighted by molar-refractivity contribution is 0.255. The van der Waals surface area contributed by atoms with E-state index in [0.717, 1.165) is 6.42 Å². The fourth-order valence-electron chi connectivity index (χ4n) is 0.986. The molecule has 80 valence electrons. The monoisotopic (exact) mass is 208 g/mol. The second-order valence-electron chi connectivity index (χ2n) is 2.92. The van der Waals surface area contributed by atoms with Crippen LogP contribution in [0.1, 0.15) is 13.3 Å². The zero-order valence-corrected chi connectivity index (χ0v) is 8.46. The molecule has 0 saturated heterocycles. The first kappa shape index (κ1) is 11.2. The van der Waals surface area contributed by atoms with Gasteiger partial charge >= 0.3 is 6.03 Å². The zero-order valence-electron chi connectivity index (χ0n) is 8.46. The van der Waals surface area contributed by atoms with E-state index in [9.17, 15) is 9.18 Å². The third-order valence-electron chi connectivity index (χ3n) is 1.65. The number of carbonyl (C=O) groups is 1. The van der Waals surface area contributed by atoms with Crippen LogP contribution in [0.15, 0.2) is 36.5 Å². The lowest BCUT2D eigenvalue weighted by Gasteiger charge is -2.03. The van der Waals surface area contributed by atoms with Crippen molar-refractivity contribution in [2.75, 3.05) is 5.32 Å². The summed E-state index contributed by atoms with van der Waals surface area (Å²) in [6, 6.07) is 5.34. The van der Waals surface area contributed by atoms with E-state index in [1.54, 1.807) is 12.3 Å². The van der Waals surface area contributed by atoms with Gasteiger partial charge in [0.2, 0.25) is 0 Å². The van der Waals surface area contributed by atoms with Crippen molar-refractivity contribution in [3.63, 3.8) is 0 Å². The molecule has 0 bridgehead atoms. The summed E-state index contributed by atoms with van der Waals surface area (Å²) in [4.78, 5) is 11.2. The molecule has 2 N–H and O–H groups in total. The molecule has 0 spiro atoms. The van der Waals surface area contributed by atoms with Gasteiger partial charge in [-0.3, -0.25) is 0 Å². The van der Waals surface area contributed by atoms with Crippen molar-refractivity contribution in [1.29, 1.82) is 0 Å². The highest BCUT2D eigenvalue weighted by Crippen LogP contribution is 2.08. The lowest BCUT2D eigenvalue weighted by atomic mass is 10.3. The van der Waals surface area contributed by atoms with Crippen molar-refractivity contribution in [2.24, 2.45) is 0 Å². The van der Waals surface area contributed by atoms with Gasteiger partial charge in [0.15, 0.2) is 0 Å². The highest BCUT2D eigenvalue weighted by atomic mass is 19.1. The van der Waals surface area contributed by atoms with Gasteiger partial charge in [0, 0.05) is 11.9 Å². The SMILES string of the molecule is CC/C=C/NC(=O)Nc1cccc(F)c1. The van der Waals surface area contributed by atoms with Crippen LogP contribution in [0.4, 0.5) is 14.9 Å². The number of halogens is 1. The quantitative estimate of drug-likeness (QED) is 0.787. The number of hydrogen-bond donors (Lipinski definition) is 2. The van der Waals surface area contributed by atoms with Crippen LogP contribution in [0, 0.1) is 5.82 Å². The fourth-order valence-corrected chi connectivity index (χ4v) is 0.986. The van der Waals surface area contributed by atoms with E-state index in [2.05, 4.69) is 10.6 Å². The summed E-state index contributed by atoms with van der Waals surface area (Å²) in [5.74, 6) is -0.378. The maximum Gasteiger partial charge on any atom is 0.323 e.